The monoisotopic (exact) mass is 336 g/mol. The Balaban J connectivity index is 4.65. The van der Waals surface area contributed by atoms with E-state index in [4.69, 9.17) is 34.8 Å². The molecule has 0 aliphatic rings. The molecule has 0 radical (unpaired) electrons. The molecule has 18 heavy (non-hydrogen) atoms. The number of rotatable bonds is 12. The molecule has 0 aliphatic carbocycles. The van der Waals surface area contributed by atoms with E-state index in [1.165, 1.54) is 0 Å². The highest BCUT2D eigenvalue weighted by Crippen LogP contribution is 2.45. The van der Waals surface area contributed by atoms with Gasteiger partial charge < -0.3 is 4.79 Å². The van der Waals surface area contributed by atoms with Crippen molar-refractivity contribution in [3.63, 3.8) is 0 Å². The van der Waals surface area contributed by atoms with Gasteiger partial charge in [0, 0.05) is 49.9 Å². The third-order valence-electron chi connectivity index (χ3n) is 2.38. The fourth-order valence-corrected chi connectivity index (χ4v) is 4.99. The van der Waals surface area contributed by atoms with Crippen molar-refractivity contribution in [2.24, 2.45) is 0 Å². The first-order valence-corrected chi connectivity index (χ1v) is 9.30. The smallest absolute Gasteiger partial charge is 0.214 e. The summed E-state index contributed by atoms with van der Waals surface area (Å²) in [5.74, 6) is 1.15. The van der Waals surface area contributed by atoms with E-state index in [2.05, 4.69) is 5.09 Å². The van der Waals surface area contributed by atoms with Crippen molar-refractivity contribution in [2.45, 2.75) is 12.8 Å². The predicted octanol–water partition coefficient (Wildman–Crippen LogP) is 2.77. The summed E-state index contributed by atoms with van der Waals surface area (Å²) in [5, 5.41) is 2.99. The van der Waals surface area contributed by atoms with Crippen LogP contribution in [0.3, 0.4) is 0 Å². The first kappa shape index (κ1) is 18.7. The average Bonchev–Trinajstić information content (AvgIpc) is 2.36. The van der Waals surface area contributed by atoms with E-state index in [1.54, 1.807) is 4.67 Å². The van der Waals surface area contributed by atoms with E-state index in [0.29, 0.717) is 56.3 Å². The lowest BCUT2D eigenvalue weighted by atomic mass is 10.4. The minimum absolute atomic E-state index is 0.382. The summed E-state index contributed by atoms with van der Waals surface area (Å²) < 4.78 is 14.6. The van der Waals surface area contributed by atoms with Crippen LogP contribution in [-0.4, -0.2) is 54.4 Å². The number of aldehydes is 1. The molecule has 0 saturated carbocycles. The van der Waals surface area contributed by atoms with Crippen molar-refractivity contribution < 1.29 is 9.36 Å². The van der Waals surface area contributed by atoms with Gasteiger partial charge in [-0.2, -0.15) is 0 Å². The van der Waals surface area contributed by atoms with Gasteiger partial charge in [-0.25, -0.2) is 4.67 Å². The molecule has 1 N–H and O–H groups in total. The van der Waals surface area contributed by atoms with E-state index < -0.39 is 7.44 Å². The average molecular weight is 338 g/mol. The molecular formula is C10H20Cl3N2O2P. The molecule has 0 spiro atoms. The zero-order valence-electron chi connectivity index (χ0n) is 10.3. The molecule has 0 saturated heterocycles. The van der Waals surface area contributed by atoms with Gasteiger partial charge >= 0.3 is 0 Å². The largest absolute Gasteiger partial charge is 0.303 e. The molecule has 0 rings (SSSR count). The molecule has 0 aromatic carbocycles. The van der Waals surface area contributed by atoms with Gasteiger partial charge in [-0.3, -0.25) is 9.65 Å². The van der Waals surface area contributed by atoms with Crippen LogP contribution < -0.4 is 5.09 Å². The van der Waals surface area contributed by atoms with Gasteiger partial charge in [0.1, 0.15) is 6.29 Å². The van der Waals surface area contributed by atoms with Crippen LogP contribution in [0.2, 0.25) is 0 Å². The van der Waals surface area contributed by atoms with Crippen molar-refractivity contribution in [1.82, 2.24) is 9.76 Å². The number of carbonyl (C=O) groups excluding carboxylic acids is 1. The lowest BCUT2D eigenvalue weighted by Crippen LogP contribution is -2.33. The molecule has 0 bridgehead atoms. The van der Waals surface area contributed by atoms with Gasteiger partial charge in [-0.15, -0.1) is 34.8 Å². The minimum atomic E-state index is -2.74. The van der Waals surface area contributed by atoms with E-state index in [1.807, 2.05) is 0 Å². The molecule has 0 aliphatic heterocycles. The second-order valence-corrected chi connectivity index (χ2v) is 7.53. The first-order chi connectivity index (χ1) is 8.64. The molecule has 4 nitrogen and oxygen atoms in total. The van der Waals surface area contributed by atoms with Gasteiger partial charge in [0.05, 0.1) is 0 Å². The summed E-state index contributed by atoms with van der Waals surface area (Å²) >= 11 is 17.1. The van der Waals surface area contributed by atoms with E-state index in [-0.39, 0.29) is 0 Å². The molecule has 0 heterocycles. The Labute approximate surface area is 124 Å². The molecule has 8 heteroatoms. The predicted molar refractivity (Wildman–Crippen MR) is 79.5 cm³/mol. The highest BCUT2D eigenvalue weighted by molar-refractivity contribution is 7.59. The third-order valence-corrected chi connectivity index (χ3v) is 5.86. The fourth-order valence-electron chi connectivity index (χ4n) is 1.56. The molecule has 1 atom stereocenters. The van der Waals surface area contributed by atoms with Crippen LogP contribution in [0.4, 0.5) is 0 Å². The van der Waals surface area contributed by atoms with Crippen LogP contribution in [0.5, 0.6) is 0 Å². The normalized spacial score (nSPS) is 14.7. The Morgan fingerprint density at radius 3 is 2.17 bits per heavy atom. The number of hydrogen-bond acceptors (Lipinski definition) is 2. The Kier molecular flexibility index (Phi) is 12.0. The number of alkyl halides is 3. The van der Waals surface area contributed by atoms with Crippen LogP contribution in [0.1, 0.15) is 12.8 Å². The van der Waals surface area contributed by atoms with E-state index >= 15 is 0 Å². The van der Waals surface area contributed by atoms with Crippen molar-refractivity contribution >= 4 is 48.5 Å². The molecule has 0 fully saturated rings. The molecule has 0 aromatic rings. The summed E-state index contributed by atoms with van der Waals surface area (Å²) in [6, 6.07) is 0. The number of halogens is 3. The van der Waals surface area contributed by atoms with Crippen LogP contribution in [-0.2, 0) is 9.36 Å². The highest BCUT2D eigenvalue weighted by Gasteiger charge is 2.28. The topological polar surface area (TPSA) is 49.4 Å². The maximum Gasteiger partial charge on any atom is 0.214 e. The van der Waals surface area contributed by atoms with Gasteiger partial charge in [0.25, 0.3) is 0 Å². The fraction of sp³-hybridized carbons (Fsp3) is 0.900. The summed E-state index contributed by atoms with van der Waals surface area (Å²) in [6.45, 7) is 1.46. The zero-order valence-corrected chi connectivity index (χ0v) is 13.4. The lowest BCUT2D eigenvalue weighted by molar-refractivity contribution is -0.107. The van der Waals surface area contributed by atoms with Crippen LogP contribution in [0.15, 0.2) is 0 Å². The third kappa shape index (κ3) is 7.32. The Bertz CT molecular complexity index is 264. The van der Waals surface area contributed by atoms with Gasteiger partial charge in [0.2, 0.25) is 7.44 Å². The molecule has 0 aromatic heterocycles. The van der Waals surface area contributed by atoms with Crippen molar-refractivity contribution in [1.29, 1.82) is 0 Å². The van der Waals surface area contributed by atoms with Crippen LogP contribution >= 0.6 is 42.2 Å². The quantitative estimate of drug-likeness (QED) is 0.257. The summed E-state index contributed by atoms with van der Waals surface area (Å²) in [5.41, 5.74) is 0. The number of hydrogen-bond donors (Lipinski definition) is 1. The number of nitrogens with one attached hydrogen (secondary N) is 1. The summed E-state index contributed by atoms with van der Waals surface area (Å²) in [6.07, 6.45) is 2.25. The Morgan fingerprint density at radius 1 is 1.11 bits per heavy atom. The summed E-state index contributed by atoms with van der Waals surface area (Å²) in [7, 11) is -2.74. The zero-order chi connectivity index (χ0) is 13.9. The van der Waals surface area contributed by atoms with Crippen LogP contribution in [0, 0.1) is 0 Å². The molecule has 108 valence electrons. The standard InChI is InChI=1S/C10H20Cl3N2O2P/c11-3-6-14-18(17,10-2-1-9-16)15(7-4-12)8-5-13/h9H,1-8,10H2,(H,14,17). The SMILES string of the molecule is O=CCCCP(=O)(NCCCl)N(CCCl)CCCl. The second kappa shape index (κ2) is 11.5. The van der Waals surface area contributed by atoms with Crippen molar-refractivity contribution in [2.75, 3.05) is 43.4 Å². The number of nitrogens with zero attached hydrogens (tertiary/aromatic N) is 1. The second-order valence-electron chi connectivity index (χ2n) is 3.66. The van der Waals surface area contributed by atoms with E-state index in [0.717, 1.165) is 6.29 Å². The number of carbonyl (C=O) groups is 1. The maximum absolute atomic E-state index is 12.8. The van der Waals surface area contributed by atoms with Crippen molar-refractivity contribution in [3.05, 3.63) is 0 Å². The van der Waals surface area contributed by atoms with Gasteiger partial charge in [-0.1, -0.05) is 0 Å². The lowest BCUT2D eigenvalue weighted by Gasteiger charge is -2.31. The van der Waals surface area contributed by atoms with E-state index in [9.17, 15) is 9.36 Å². The van der Waals surface area contributed by atoms with Crippen LogP contribution in [0.25, 0.3) is 0 Å². The van der Waals surface area contributed by atoms with Gasteiger partial charge in [-0.05, 0) is 6.42 Å². The highest BCUT2D eigenvalue weighted by atomic mass is 35.5. The molecule has 1 unspecified atom stereocenters. The Morgan fingerprint density at radius 2 is 1.72 bits per heavy atom. The summed E-state index contributed by atoms with van der Waals surface area (Å²) in [4.78, 5) is 10.3. The molecule has 0 amide bonds. The minimum Gasteiger partial charge on any atom is -0.303 e. The van der Waals surface area contributed by atoms with Gasteiger partial charge in [0.15, 0.2) is 0 Å². The number of unbranched alkanes of at least 4 members (excludes halogenated alkanes) is 1. The maximum atomic E-state index is 12.8. The Hall–Kier alpha value is 0.690. The van der Waals surface area contributed by atoms with Crippen molar-refractivity contribution in [3.8, 4) is 0 Å². The molecular weight excluding hydrogens is 317 g/mol. The first-order valence-electron chi connectivity index (χ1n) is 5.85.